The highest BCUT2D eigenvalue weighted by atomic mass is 32.2. The summed E-state index contributed by atoms with van der Waals surface area (Å²) in [5.74, 6) is 1.23. The van der Waals surface area contributed by atoms with Crippen LogP contribution in [0.4, 0.5) is 5.69 Å². The molecule has 0 amide bonds. The van der Waals surface area contributed by atoms with Gasteiger partial charge in [-0.25, -0.2) is 0 Å². The minimum atomic E-state index is 0.383. The molecular weight excluding hydrogens is 294 g/mol. The van der Waals surface area contributed by atoms with E-state index in [1.165, 1.54) is 16.1 Å². The predicted molar refractivity (Wildman–Crippen MR) is 87.9 cm³/mol. The van der Waals surface area contributed by atoms with Gasteiger partial charge in [-0.15, -0.1) is 0 Å². The molecule has 2 aromatic carbocycles. The Bertz CT molecular complexity index is 773. The van der Waals surface area contributed by atoms with Crippen molar-refractivity contribution in [3.05, 3.63) is 59.9 Å². The van der Waals surface area contributed by atoms with Crippen LogP contribution in [0, 0.1) is 6.92 Å². The van der Waals surface area contributed by atoms with Crippen LogP contribution in [0.3, 0.4) is 0 Å². The first kappa shape index (κ1) is 13.4. The Hall–Kier alpha value is -2.27. The zero-order chi connectivity index (χ0) is 14.9. The number of aryl methyl sites for hydroxylation is 1. The van der Waals surface area contributed by atoms with Crippen LogP contribution in [0.15, 0.2) is 57.9 Å². The van der Waals surface area contributed by atoms with Crippen LogP contribution in [0.25, 0.3) is 11.5 Å². The van der Waals surface area contributed by atoms with Crippen LogP contribution < -0.4 is 5.32 Å². The van der Waals surface area contributed by atoms with Crippen LogP contribution in [0.2, 0.25) is 0 Å². The zero-order valence-corrected chi connectivity index (χ0v) is 12.9. The van der Waals surface area contributed by atoms with Crippen molar-refractivity contribution in [1.29, 1.82) is 0 Å². The molecule has 0 bridgehead atoms. The number of benzene rings is 2. The van der Waals surface area contributed by atoms with E-state index in [1.54, 1.807) is 0 Å². The lowest BCUT2D eigenvalue weighted by Crippen LogP contribution is -2.13. The van der Waals surface area contributed by atoms with Gasteiger partial charge < -0.3 is 9.84 Å². The number of hydrogen-bond acceptors (Lipinski definition) is 5. The molecule has 3 aromatic rings. The number of para-hydroxylation sites is 1. The Balaban J connectivity index is 1.46. The second kappa shape index (κ2) is 5.50. The summed E-state index contributed by atoms with van der Waals surface area (Å²) in [5, 5.41) is 7.76. The van der Waals surface area contributed by atoms with Crippen molar-refractivity contribution < 1.29 is 4.52 Å². The molecule has 1 unspecified atom stereocenters. The molecule has 1 aromatic heterocycles. The van der Waals surface area contributed by atoms with E-state index in [0.29, 0.717) is 17.1 Å². The third kappa shape index (κ3) is 2.60. The molecule has 0 aliphatic carbocycles. The maximum atomic E-state index is 5.19. The highest BCUT2D eigenvalue weighted by Gasteiger charge is 2.20. The van der Waals surface area contributed by atoms with Crippen molar-refractivity contribution in [3.63, 3.8) is 0 Å². The maximum absolute atomic E-state index is 5.19. The van der Waals surface area contributed by atoms with Crippen LogP contribution in [0.1, 0.15) is 11.4 Å². The first-order chi connectivity index (χ1) is 10.8. The fourth-order valence-electron chi connectivity index (χ4n) is 2.55. The molecule has 0 spiro atoms. The van der Waals surface area contributed by atoms with Gasteiger partial charge in [0.05, 0.1) is 5.37 Å². The second-order valence-electron chi connectivity index (χ2n) is 5.29. The molecule has 22 heavy (non-hydrogen) atoms. The molecule has 1 aliphatic rings. The Morgan fingerprint density at radius 2 is 1.95 bits per heavy atom. The Kier molecular flexibility index (Phi) is 3.35. The molecule has 0 fully saturated rings. The zero-order valence-electron chi connectivity index (χ0n) is 12.1. The van der Waals surface area contributed by atoms with Crippen molar-refractivity contribution in [2.24, 2.45) is 0 Å². The van der Waals surface area contributed by atoms with Gasteiger partial charge in [-0.1, -0.05) is 41.2 Å². The number of fused-ring (bicyclic) bond motifs is 1. The normalized spacial score (nSPS) is 16.3. The van der Waals surface area contributed by atoms with Gasteiger partial charge in [-0.3, -0.25) is 0 Å². The number of nitrogens with one attached hydrogen (secondary N) is 1. The number of anilines is 1. The minimum Gasteiger partial charge on any atom is -0.372 e. The molecule has 5 heteroatoms. The third-order valence-corrected chi connectivity index (χ3v) is 4.80. The SMILES string of the molecule is Cc1noc(-c2ccc(CC3Nc4ccccc4S3)cc2)n1. The molecule has 1 atom stereocenters. The number of rotatable bonds is 3. The van der Waals surface area contributed by atoms with Gasteiger partial charge in [0.25, 0.3) is 5.89 Å². The Morgan fingerprint density at radius 3 is 2.68 bits per heavy atom. The van der Waals surface area contributed by atoms with Crippen molar-refractivity contribution in [2.75, 3.05) is 5.32 Å². The van der Waals surface area contributed by atoms with Crippen LogP contribution in [-0.4, -0.2) is 15.5 Å². The van der Waals surface area contributed by atoms with Gasteiger partial charge in [-0.05, 0) is 36.8 Å². The highest BCUT2D eigenvalue weighted by molar-refractivity contribution is 8.00. The highest BCUT2D eigenvalue weighted by Crippen LogP contribution is 2.39. The van der Waals surface area contributed by atoms with E-state index in [4.69, 9.17) is 4.52 Å². The van der Waals surface area contributed by atoms with Crippen LogP contribution >= 0.6 is 11.8 Å². The molecule has 4 rings (SSSR count). The third-order valence-electron chi connectivity index (χ3n) is 3.62. The lowest BCUT2D eigenvalue weighted by Gasteiger charge is -2.10. The van der Waals surface area contributed by atoms with Crippen molar-refractivity contribution >= 4 is 17.4 Å². The standard InChI is InChI=1S/C17H15N3OS/c1-11-18-17(21-20-11)13-8-6-12(7-9-13)10-16-19-14-4-2-3-5-15(14)22-16/h2-9,16,19H,10H2,1H3. The van der Waals surface area contributed by atoms with Gasteiger partial charge in [0.15, 0.2) is 5.82 Å². The largest absolute Gasteiger partial charge is 0.372 e. The summed E-state index contributed by atoms with van der Waals surface area (Å²) in [6, 6.07) is 16.8. The summed E-state index contributed by atoms with van der Waals surface area (Å²) in [6.45, 7) is 1.82. The van der Waals surface area contributed by atoms with E-state index in [-0.39, 0.29) is 0 Å². The molecule has 1 N–H and O–H groups in total. The number of aromatic nitrogens is 2. The van der Waals surface area contributed by atoms with Gasteiger partial charge in [0.2, 0.25) is 0 Å². The first-order valence-corrected chi connectivity index (χ1v) is 8.08. The quantitative estimate of drug-likeness (QED) is 0.788. The van der Waals surface area contributed by atoms with E-state index in [9.17, 15) is 0 Å². The number of hydrogen-bond donors (Lipinski definition) is 1. The molecule has 0 saturated heterocycles. The van der Waals surface area contributed by atoms with E-state index in [0.717, 1.165) is 12.0 Å². The van der Waals surface area contributed by atoms with Gasteiger partial charge in [0, 0.05) is 22.6 Å². The number of thioether (sulfide) groups is 1. The fourth-order valence-corrected chi connectivity index (χ4v) is 3.73. The lowest BCUT2D eigenvalue weighted by atomic mass is 10.1. The summed E-state index contributed by atoms with van der Waals surface area (Å²) < 4.78 is 5.19. The molecule has 110 valence electrons. The topological polar surface area (TPSA) is 51.0 Å². The average Bonchev–Trinajstić information content (AvgIpc) is 3.13. The van der Waals surface area contributed by atoms with E-state index >= 15 is 0 Å². The van der Waals surface area contributed by atoms with E-state index in [2.05, 4.69) is 51.9 Å². The second-order valence-corrected chi connectivity index (χ2v) is 6.54. The van der Waals surface area contributed by atoms with Crippen LogP contribution in [0.5, 0.6) is 0 Å². The van der Waals surface area contributed by atoms with E-state index < -0.39 is 0 Å². The molecule has 1 aliphatic heterocycles. The summed E-state index contributed by atoms with van der Waals surface area (Å²) in [7, 11) is 0. The van der Waals surface area contributed by atoms with Crippen molar-refractivity contribution in [2.45, 2.75) is 23.6 Å². The Labute approximate surface area is 132 Å². The summed E-state index contributed by atoms with van der Waals surface area (Å²) in [6.07, 6.45) is 0.975. The molecule has 4 nitrogen and oxygen atoms in total. The Morgan fingerprint density at radius 1 is 1.14 bits per heavy atom. The van der Waals surface area contributed by atoms with Gasteiger partial charge in [0.1, 0.15) is 0 Å². The summed E-state index contributed by atoms with van der Waals surface area (Å²) in [5.41, 5.74) is 3.48. The smallest absolute Gasteiger partial charge is 0.257 e. The minimum absolute atomic E-state index is 0.383. The average molecular weight is 309 g/mol. The number of nitrogens with zero attached hydrogens (tertiary/aromatic N) is 2. The van der Waals surface area contributed by atoms with Crippen LogP contribution in [-0.2, 0) is 6.42 Å². The molecule has 0 saturated carbocycles. The molecule has 2 heterocycles. The predicted octanol–water partition coefficient (Wildman–Crippen LogP) is 4.13. The van der Waals surface area contributed by atoms with Gasteiger partial charge in [-0.2, -0.15) is 4.98 Å². The molecular formula is C17H15N3OS. The molecule has 0 radical (unpaired) electrons. The maximum Gasteiger partial charge on any atom is 0.257 e. The lowest BCUT2D eigenvalue weighted by molar-refractivity contribution is 0.425. The van der Waals surface area contributed by atoms with Crippen molar-refractivity contribution in [1.82, 2.24) is 10.1 Å². The first-order valence-electron chi connectivity index (χ1n) is 7.20. The van der Waals surface area contributed by atoms with E-state index in [1.807, 2.05) is 30.8 Å². The summed E-state index contributed by atoms with van der Waals surface area (Å²) >= 11 is 1.88. The van der Waals surface area contributed by atoms with Gasteiger partial charge >= 0.3 is 0 Å². The monoisotopic (exact) mass is 309 g/mol. The summed E-state index contributed by atoms with van der Waals surface area (Å²) in [4.78, 5) is 5.57. The van der Waals surface area contributed by atoms with Crippen molar-refractivity contribution in [3.8, 4) is 11.5 Å². The fraction of sp³-hybridized carbons (Fsp3) is 0.176.